The number of quaternary nitrogens is 1. The van der Waals surface area contributed by atoms with Gasteiger partial charge in [-0.3, -0.25) is 0 Å². The smallest absolute Gasteiger partial charge is 0.103 e. The number of hydrogen-bond acceptors (Lipinski definition) is 1. The first kappa shape index (κ1) is 14.9. The van der Waals surface area contributed by atoms with E-state index in [4.69, 9.17) is 5.10 Å². The van der Waals surface area contributed by atoms with E-state index in [0.29, 0.717) is 4.59 Å². The molecule has 100 valence electrons. The molecule has 0 unspecified atom stereocenters. The van der Waals surface area contributed by atoms with Crippen LogP contribution in [0.25, 0.3) is 0 Å². The first-order valence-corrected chi connectivity index (χ1v) is 6.65. The molecule has 0 aromatic heterocycles. The Hall–Kier alpha value is -1.15. The van der Waals surface area contributed by atoms with Gasteiger partial charge in [0.05, 0.1) is 21.1 Å². The maximum absolute atomic E-state index is 4.74. The summed E-state index contributed by atoms with van der Waals surface area (Å²) in [6.45, 7) is 8.88. The molecule has 0 atom stereocenters. The SMILES string of the molecule is CC/C(=N\[N+](C)(C)C)c1ccc(C(C)(C)C)cc1. The average molecular weight is 247 g/mol. The highest BCUT2D eigenvalue weighted by Gasteiger charge is 2.14. The van der Waals surface area contributed by atoms with E-state index < -0.39 is 0 Å². The van der Waals surface area contributed by atoms with E-state index in [1.165, 1.54) is 16.8 Å². The molecule has 0 bridgehead atoms. The van der Waals surface area contributed by atoms with Crippen molar-refractivity contribution in [1.29, 1.82) is 0 Å². The molecule has 1 aromatic rings. The van der Waals surface area contributed by atoms with Crippen LogP contribution < -0.4 is 0 Å². The number of benzene rings is 1. The average Bonchev–Trinajstić information content (AvgIpc) is 2.24. The van der Waals surface area contributed by atoms with Crippen LogP contribution in [-0.4, -0.2) is 31.4 Å². The predicted molar refractivity (Wildman–Crippen MR) is 80.0 cm³/mol. The van der Waals surface area contributed by atoms with Gasteiger partial charge in [-0.2, -0.15) is 0 Å². The Balaban J connectivity index is 3.07. The number of rotatable bonds is 3. The summed E-state index contributed by atoms with van der Waals surface area (Å²) in [4.78, 5) is 0. The molecule has 0 radical (unpaired) electrons. The third-order valence-corrected chi connectivity index (χ3v) is 2.84. The van der Waals surface area contributed by atoms with Crippen LogP contribution >= 0.6 is 0 Å². The lowest BCUT2D eigenvalue weighted by atomic mass is 9.86. The molecule has 0 aliphatic carbocycles. The van der Waals surface area contributed by atoms with Gasteiger partial charge < -0.3 is 0 Å². The van der Waals surface area contributed by atoms with E-state index in [1.807, 2.05) is 0 Å². The van der Waals surface area contributed by atoms with Crippen LogP contribution in [0.3, 0.4) is 0 Å². The minimum absolute atomic E-state index is 0.210. The van der Waals surface area contributed by atoms with Gasteiger partial charge in [0.25, 0.3) is 0 Å². The molecule has 1 rings (SSSR count). The molecule has 1 aromatic carbocycles. The van der Waals surface area contributed by atoms with Crippen molar-refractivity contribution in [2.24, 2.45) is 5.10 Å². The zero-order valence-electron chi connectivity index (χ0n) is 12.9. The fourth-order valence-electron chi connectivity index (χ4n) is 1.86. The Morgan fingerprint density at radius 3 is 1.89 bits per heavy atom. The summed E-state index contributed by atoms with van der Waals surface area (Å²) >= 11 is 0. The number of nitrogens with zero attached hydrogens (tertiary/aromatic N) is 2. The van der Waals surface area contributed by atoms with E-state index in [2.05, 4.69) is 73.1 Å². The van der Waals surface area contributed by atoms with Gasteiger partial charge in [-0.25, -0.2) is 4.59 Å². The first-order valence-electron chi connectivity index (χ1n) is 6.65. The molecule has 0 heterocycles. The molecule has 0 saturated heterocycles. The van der Waals surface area contributed by atoms with Gasteiger partial charge in [-0.15, -0.1) is 0 Å². The minimum Gasteiger partial charge on any atom is -0.205 e. The molecular formula is C16H27N2+. The van der Waals surface area contributed by atoms with E-state index in [-0.39, 0.29) is 5.41 Å². The molecule has 0 spiro atoms. The largest absolute Gasteiger partial charge is 0.205 e. The quantitative estimate of drug-likeness (QED) is 0.437. The van der Waals surface area contributed by atoms with Crippen molar-refractivity contribution in [2.75, 3.05) is 21.1 Å². The zero-order chi connectivity index (χ0) is 14.0. The van der Waals surface area contributed by atoms with Crippen LogP contribution in [0.2, 0.25) is 0 Å². The van der Waals surface area contributed by atoms with Gasteiger partial charge >= 0.3 is 0 Å². The van der Waals surface area contributed by atoms with E-state index in [9.17, 15) is 0 Å². The minimum atomic E-state index is 0.210. The molecule has 0 aliphatic rings. The fourth-order valence-corrected chi connectivity index (χ4v) is 1.86. The van der Waals surface area contributed by atoms with Crippen molar-refractivity contribution in [2.45, 2.75) is 39.5 Å². The highest BCUT2D eigenvalue weighted by molar-refractivity contribution is 6.00. The second-order valence-electron chi connectivity index (χ2n) is 6.67. The van der Waals surface area contributed by atoms with Crippen molar-refractivity contribution in [3.05, 3.63) is 35.4 Å². The molecule has 2 nitrogen and oxygen atoms in total. The molecule has 0 fully saturated rings. The van der Waals surface area contributed by atoms with Gasteiger partial charge in [0.15, 0.2) is 0 Å². The summed E-state index contributed by atoms with van der Waals surface area (Å²) in [5.74, 6) is 0. The van der Waals surface area contributed by atoms with Crippen LogP contribution in [0, 0.1) is 0 Å². The third-order valence-electron chi connectivity index (χ3n) is 2.84. The maximum atomic E-state index is 4.74. The van der Waals surface area contributed by atoms with Crippen molar-refractivity contribution >= 4 is 5.71 Å². The van der Waals surface area contributed by atoms with Gasteiger partial charge in [0.2, 0.25) is 0 Å². The molecule has 0 aliphatic heterocycles. The first-order chi connectivity index (χ1) is 8.13. The molecule has 0 N–H and O–H groups in total. The van der Waals surface area contributed by atoms with Gasteiger partial charge in [0.1, 0.15) is 5.71 Å². The van der Waals surface area contributed by atoms with Crippen molar-refractivity contribution in [1.82, 2.24) is 0 Å². The summed E-state index contributed by atoms with van der Waals surface area (Å²) in [6, 6.07) is 8.82. The number of hydrogen-bond donors (Lipinski definition) is 0. The van der Waals surface area contributed by atoms with Gasteiger partial charge in [0, 0.05) is 5.56 Å². The molecular weight excluding hydrogens is 220 g/mol. The summed E-state index contributed by atoms with van der Waals surface area (Å²) in [6.07, 6.45) is 0.963. The van der Waals surface area contributed by atoms with Crippen molar-refractivity contribution in [3.8, 4) is 0 Å². The second-order valence-corrected chi connectivity index (χ2v) is 6.67. The molecule has 18 heavy (non-hydrogen) atoms. The maximum Gasteiger partial charge on any atom is 0.103 e. The lowest BCUT2D eigenvalue weighted by molar-refractivity contribution is -0.877. The Bertz CT molecular complexity index is 414. The monoisotopic (exact) mass is 247 g/mol. The Kier molecular flexibility index (Phi) is 4.33. The van der Waals surface area contributed by atoms with Crippen molar-refractivity contribution < 1.29 is 4.59 Å². The lowest BCUT2D eigenvalue weighted by Gasteiger charge is -2.20. The third kappa shape index (κ3) is 4.26. The summed E-state index contributed by atoms with van der Waals surface area (Å²) in [7, 11) is 6.25. The lowest BCUT2D eigenvalue weighted by Crippen LogP contribution is -2.29. The highest BCUT2D eigenvalue weighted by atomic mass is 15.6. The predicted octanol–water partition coefficient (Wildman–Crippen LogP) is 3.80. The van der Waals surface area contributed by atoms with Crippen LogP contribution in [0.4, 0.5) is 0 Å². The second kappa shape index (κ2) is 5.23. The van der Waals surface area contributed by atoms with E-state index in [1.54, 1.807) is 0 Å². The molecule has 2 heteroatoms. The van der Waals surface area contributed by atoms with E-state index >= 15 is 0 Å². The summed E-state index contributed by atoms with van der Waals surface area (Å²) < 4.78 is 0.615. The topological polar surface area (TPSA) is 12.4 Å². The van der Waals surface area contributed by atoms with E-state index in [0.717, 1.165) is 6.42 Å². The highest BCUT2D eigenvalue weighted by Crippen LogP contribution is 2.22. The van der Waals surface area contributed by atoms with Crippen LogP contribution in [0.5, 0.6) is 0 Å². The van der Waals surface area contributed by atoms with Crippen LogP contribution in [0.15, 0.2) is 29.4 Å². The Morgan fingerprint density at radius 1 is 1.06 bits per heavy atom. The molecule has 0 saturated carbocycles. The van der Waals surface area contributed by atoms with Gasteiger partial charge in [-0.05, 0) is 17.4 Å². The normalized spacial score (nSPS) is 13.8. The fraction of sp³-hybridized carbons (Fsp3) is 0.562. The molecule has 0 amide bonds. The van der Waals surface area contributed by atoms with Gasteiger partial charge in [-0.1, -0.05) is 57.1 Å². The standard InChI is InChI=1S/C16H27N2/c1-8-15(17-18(5,6)7)13-9-11-14(12-10-13)16(2,3)4/h9-12H,8H2,1-7H3/q+1/b17-15+. The Morgan fingerprint density at radius 2 is 1.56 bits per heavy atom. The Labute approximate surface area is 112 Å². The van der Waals surface area contributed by atoms with Crippen LogP contribution in [-0.2, 0) is 5.41 Å². The summed E-state index contributed by atoms with van der Waals surface area (Å²) in [5, 5.41) is 4.74. The summed E-state index contributed by atoms with van der Waals surface area (Å²) in [5.41, 5.74) is 3.98. The van der Waals surface area contributed by atoms with Crippen LogP contribution in [0.1, 0.15) is 45.2 Å². The zero-order valence-corrected chi connectivity index (χ0v) is 12.9. The van der Waals surface area contributed by atoms with Crippen molar-refractivity contribution in [3.63, 3.8) is 0 Å².